The first-order valence-electron chi connectivity index (χ1n) is 7.71. The second-order valence-corrected chi connectivity index (χ2v) is 6.39. The number of aliphatic hydroxyl groups excluding tert-OH is 1. The molecular formula is C17H22N2O. The van der Waals surface area contributed by atoms with E-state index < -0.39 is 0 Å². The van der Waals surface area contributed by atoms with Crippen molar-refractivity contribution in [3.8, 4) is 0 Å². The molecule has 3 heteroatoms. The Bertz CT molecular complexity index is 647. The predicted octanol–water partition coefficient (Wildman–Crippen LogP) is 3.23. The molecule has 20 heavy (non-hydrogen) atoms. The number of aromatic amines is 1. The molecule has 2 bridgehead atoms. The van der Waals surface area contributed by atoms with E-state index in [1.54, 1.807) is 0 Å². The second kappa shape index (κ2) is 4.34. The SMILES string of the molecule is CC[C@@H]1[C@@H]2CCN(C)[C@H]1c1c([nH]c3ccccc13)C2O. The third-order valence-electron chi connectivity index (χ3n) is 5.49. The van der Waals surface area contributed by atoms with Crippen molar-refractivity contribution in [1.29, 1.82) is 0 Å². The van der Waals surface area contributed by atoms with Gasteiger partial charge < -0.3 is 10.1 Å². The lowest BCUT2D eigenvalue weighted by atomic mass is 9.67. The minimum absolute atomic E-state index is 0.327. The van der Waals surface area contributed by atoms with E-state index in [9.17, 15) is 5.11 Å². The molecule has 3 nitrogen and oxygen atoms in total. The number of fused-ring (bicyclic) bond motifs is 6. The van der Waals surface area contributed by atoms with Gasteiger partial charge in [0.1, 0.15) is 0 Å². The molecule has 2 aromatic rings. The number of hydrogen-bond acceptors (Lipinski definition) is 2. The first-order valence-corrected chi connectivity index (χ1v) is 7.71. The van der Waals surface area contributed by atoms with Gasteiger partial charge in [-0.15, -0.1) is 0 Å². The number of aromatic nitrogens is 1. The van der Waals surface area contributed by atoms with Gasteiger partial charge in [-0.1, -0.05) is 31.5 Å². The van der Waals surface area contributed by atoms with E-state index in [-0.39, 0.29) is 6.10 Å². The molecule has 0 spiro atoms. The van der Waals surface area contributed by atoms with Crippen LogP contribution in [0.1, 0.15) is 43.2 Å². The lowest BCUT2D eigenvalue weighted by Gasteiger charge is -2.49. The molecule has 4 rings (SSSR count). The van der Waals surface area contributed by atoms with Crippen LogP contribution >= 0.6 is 0 Å². The molecule has 0 radical (unpaired) electrons. The monoisotopic (exact) mass is 270 g/mol. The fourth-order valence-electron chi connectivity index (χ4n) is 4.57. The van der Waals surface area contributed by atoms with Crippen molar-refractivity contribution in [2.24, 2.45) is 11.8 Å². The fourth-order valence-corrected chi connectivity index (χ4v) is 4.57. The minimum atomic E-state index is -0.327. The number of benzene rings is 1. The van der Waals surface area contributed by atoms with Gasteiger partial charge in [0.2, 0.25) is 0 Å². The van der Waals surface area contributed by atoms with Crippen LogP contribution in [0.5, 0.6) is 0 Å². The first-order chi connectivity index (χ1) is 9.72. The summed E-state index contributed by atoms with van der Waals surface area (Å²) >= 11 is 0. The molecule has 106 valence electrons. The quantitative estimate of drug-likeness (QED) is 0.835. The Morgan fingerprint density at radius 1 is 1.35 bits per heavy atom. The summed E-state index contributed by atoms with van der Waals surface area (Å²) < 4.78 is 0. The van der Waals surface area contributed by atoms with Crippen LogP contribution in [0, 0.1) is 11.8 Å². The van der Waals surface area contributed by atoms with Crippen molar-refractivity contribution in [2.45, 2.75) is 31.9 Å². The zero-order valence-corrected chi connectivity index (χ0v) is 12.1. The van der Waals surface area contributed by atoms with Crippen LogP contribution in [0.3, 0.4) is 0 Å². The second-order valence-electron chi connectivity index (χ2n) is 6.39. The van der Waals surface area contributed by atoms with Crippen LogP contribution in [0.4, 0.5) is 0 Å². The van der Waals surface area contributed by atoms with Gasteiger partial charge in [-0.2, -0.15) is 0 Å². The number of nitrogens with zero attached hydrogens (tertiary/aromatic N) is 1. The lowest BCUT2D eigenvalue weighted by Crippen LogP contribution is -2.46. The van der Waals surface area contributed by atoms with E-state index in [1.165, 1.54) is 10.9 Å². The summed E-state index contributed by atoms with van der Waals surface area (Å²) in [5.74, 6) is 0.970. The Labute approximate surface area is 119 Å². The van der Waals surface area contributed by atoms with Gasteiger partial charge in [0.25, 0.3) is 0 Å². The van der Waals surface area contributed by atoms with Crippen molar-refractivity contribution in [3.63, 3.8) is 0 Å². The average Bonchev–Trinajstić information content (AvgIpc) is 2.85. The molecular weight excluding hydrogens is 248 g/mol. The van der Waals surface area contributed by atoms with Gasteiger partial charge >= 0.3 is 0 Å². The topological polar surface area (TPSA) is 39.3 Å². The van der Waals surface area contributed by atoms with Gasteiger partial charge in [-0.3, -0.25) is 4.90 Å². The molecule has 2 N–H and O–H groups in total. The zero-order chi connectivity index (χ0) is 13.9. The number of likely N-dealkylation sites (tertiary alicyclic amines) is 1. The standard InChI is InChI=1S/C17H22N2O/c1-3-10-11-8-9-19(2)16(10)14-12-6-4-5-7-13(12)18-15(14)17(11)20/h4-7,10-11,16-18,20H,3,8-9H2,1-2H3/t10-,11+,16-,17?/m1/s1. The maximum absolute atomic E-state index is 10.8. The molecule has 1 aromatic heterocycles. The van der Waals surface area contributed by atoms with Gasteiger partial charge in [-0.05, 0) is 37.9 Å². The summed E-state index contributed by atoms with van der Waals surface area (Å²) in [7, 11) is 2.23. The van der Waals surface area contributed by atoms with Crippen molar-refractivity contribution >= 4 is 10.9 Å². The first kappa shape index (κ1) is 12.4. The van der Waals surface area contributed by atoms with Crippen LogP contribution in [0.2, 0.25) is 0 Å². The molecule has 2 heterocycles. The number of piperidine rings is 1. The van der Waals surface area contributed by atoms with Crippen LogP contribution in [0.25, 0.3) is 10.9 Å². The minimum Gasteiger partial charge on any atom is -0.387 e. The summed E-state index contributed by atoms with van der Waals surface area (Å²) in [6.45, 7) is 3.35. The fraction of sp³-hybridized carbons (Fsp3) is 0.529. The maximum atomic E-state index is 10.8. The van der Waals surface area contributed by atoms with Crippen LogP contribution in [-0.2, 0) is 0 Å². The van der Waals surface area contributed by atoms with Gasteiger partial charge in [0, 0.05) is 22.5 Å². The molecule has 1 aromatic carbocycles. The highest BCUT2D eigenvalue weighted by Crippen LogP contribution is 2.53. The van der Waals surface area contributed by atoms with Crippen molar-refractivity contribution in [3.05, 3.63) is 35.5 Å². The highest BCUT2D eigenvalue weighted by Gasteiger charge is 2.47. The number of para-hydroxylation sites is 1. The number of aliphatic hydroxyl groups is 1. The molecule has 2 aliphatic rings. The molecule has 1 unspecified atom stereocenters. The normalized spacial score (nSPS) is 33.4. The Hall–Kier alpha value is -1.32. The highest BCUT2D eigenvalue weighted by atomic mass is 16.3. The van der Waals surface area contributed by atoms with Crippen LogP contribution < -0.4 is 0 Å². The number of nitrogens with one attached hydrogen (secondary N) is 1. The van der Waals surface area contributed by atoms with Crippen molar-refractivity contribution in [2.75, 3.05) is 13.6 Å². The summed E-state index contributed by atoms with van der Waals surface area (Å²) in [6.07, 6.45) is 1.91. The highest BCUT2D eigenvalue weighted by molar-refractivity contribution is 5.85. The summed E-state index contributed by atoms with van der Waals surface area (Å²) in [5.41, 5.74) is 3.57. The van der Waals surface area contributed by atoms with E-state index in [4.69, 9.17) is 0 Å². The predicted molar refractivity (Wildman–Crippen MR) is 80.5 cm³/mol. The number of hydrogen-bond donors (Lipinski definition) is 2. The van der Waals surface area contributed by atoms with Crippen molar-refractivity contribution < 1.29 is 5.11 Å². The summed E-state index contributed by atoms with van der Waals surface area (Å²) in [5, 5.41) is 12.1. The van der Waals surface area contributed by atoms with Gasteiger partial charge in [-0.25, -0.2) is 0 Å². The molecule has 1 aliphatic carbocycles. The zero-order valence-electron chi connectivity index (χ0n) is 12.1. The van der Waals surface area contributed by atoms with E-state index in [2.05, 4.69) is 48.1 Å². The molecule has 1 fully saturated rings. The van der Waals surface area contributed by atoms with Crippen molar-refractivity contribution in [1.82, 2.24) is 9.88 Å². The van der Waals surface area contributed by atoms with Gasteiger partial charge in [0.05, 0.1) is 11.8 Å². The Morgan fingerprint density at radius 2 is 2.15 bits per heavy atom. The Morgan fingerprint density at radius 3 is 2.95 bits per heavy atom. The third kappa shape index (κ3) is 1.48. The molecule has 0 saturated carbocycles. The molecule has 4 atom stereocenters. The Kier molecular flexibility index (Phi) is 2.69. The van der Waals surface area contributed by atoms with Gasteiger partial charge in [0.15, 0.2) is 0 Å². The molecule has 0 amide bonds. The van der Waals surface area contributed by atoms with Crippen LogP contribution in [0.15, 0.2) is 24.3 Å². The van der Waals surface area contributed by atoms with E-state index in [0.717, 1.165) is 30.6 Å². The lowest BCUT2D eigenvalue weighted by molar-refractivity contribution is -0.0322. The third-order valence-corrected chi connectivity index (χ3v) is 5.49. The van der Waals surface area contributed by atoms with E-state index in [1.807, 2.05) is 0 Å². The van der Waals surface area contributed by atoms with Crippen LogP contribution in [-0.4, -0.2) is 28.6 Å². The smallest absolute Gasteiger partial charge is 0.0973 e. The van der Waals surface area contributed by atoms with E-state index >= 15 is 0 Å². The molecule has 1 saturated heterocycles. The molecule has 1 aliphatic heterocycles. The summed E-state index contributed by atoms with van der Waals surface area (Å²) in [4.78, 5) is 5.96. The number of H-pyrrole nitrogens is 1. The largest absolute Gasteiger partial charge is 0.387 e. The average molecular weight is 270 g/mol. The Balaban J connectivity index is 2.00. The summed E-state index contributed by atoms with van der Waals surface area (Å²) in [6, 6.07) is 8.91. The maximum Gasteiger partial charge on any atom is 0.0973 e. The number of rotatable bonds is 1. The van der Waals surface area contributed by atoms with E-state index in [0.29, 0.717) is 17.9 Å².